The van der Waals surface area contributed by atoms with Crippen LogP contribution in [0.3, 0.4) is 0 Å². The van der Waals surface area contributed by atoms with Crippen molar-refractivity contribution in [3.8, 4) is 23.0 Å². The summed E-state index contributed by atoms with van der Waals surface area (Å²) >= 11 is 0. The molecule has 0 atom stereocenters. The van der Waals surface area contributed by atoms with Crippen LogP contribution < -0.4 is 4.90 Å². The van der Waals surface area contributed by atoms with Gasteiger partial charge in [0.25, 0.3) is 11.6 Å². The number of nitro benzene ring substituents is 1. The van der Waals surface area contributed by atoms with Gasteiger partial charge in [0.2, 0.25) is 11.6 Å². The molecule has 0 saturated carbocycles. The Labute approximate surface area is 116 Å². The van der Waals surface area contributed by atoms with Gasteiger partial charge < -0.3 is 9.62 Å². The molecule has 0 N–H and O–H groups in total. The quantitative estimate of drug-likeness (QED) is 0.399. The minimum Gasteiger partial charge on any atom is -0.413 e. The van der Waals surface area contributed by atoms with E-state index in [0.29, 0.717) is 5.56 Å². The van der Waals surface area contributed by atoms with E-state index in [1.54, 1.807) is 0 Å². The lowest BCUT2D eigenvalue weighted by molar-refractivity contribution is -0.806. The molecule has 10 heteroatoms. The minimum absolute atomic E-state index is 0.0270. The Balaban J connectivity index is 1.94. The van der Waals surface area contributed by atoms with Gasteiger partial charge in [-0.25, -0.2) is 0 Å². The Morgan fingerprint density at radius 1 is 1.19 bits per heavy atom. The summed E-state index contributed by atoms with van der Waals surface area (Å²) < 4.78 is 9.80. The zero-order valence-electron chi connectivity index (χ0n) is 10.6. The Morgan fingerprint density at radius 3 is 2.43 bits per heavy atom. The van der Waals surface area contributed by atoms with Gasteiger partial charge in [0, 0.05) is 24.6 Å². The van der Waals surface area contributed by atoms with Crippen LogP contribution in [0.15, 0.2) is 33.3 Å². The molecule has 0 amide bonds. The van der Waals surface area contributed by atoms with Gasteiger partial charge in [0.15, 0.2) is 0 Å². The second-order valence-electron chi connectivity index (χ2n) is 4.08. The Morgan fingerprint density at radius 2 is 1.86 bits per heavy atom. The number of benzene rings is 1. The lowest BCUT2D eigenvalue weighted by atomic mass is 10.2. The first-order valence-corrected chi connectivity index (χ1v) is 5.71. The first-order valence-electron chi connectivity index (χ1n) is 5.71. The van der Waals surface area contributed by atoms with Gasteiger partial charge in [-0.05, 0) is 17.0 Å². The molecule has 3 rings (SSSR count). The van der Waals surface area contributed by atoms with Crippen LogP contribution in [0.5, 0.6) is 0 Å². The number of aromatic nitrogens is 4. The van der Waals surface area contributed by atoms with E-state index in [-0.39, 0.29) is 33.8 Å². The highest BCUT2D eigenvalue weighted by molar-refractivity contribution is 5.57. The van der Waals surface area contributed by atoms with E-state index in [0.717, 1.165) is 0 Å². The van der Waals surface area contributed by atoms with Gasteiger partial charge in [0.05, 0.1) is 10.1 Å². The van der Waals surface area contributed by atoms with E-state index in [9.17, 15) is 15.3 Å². The van der Waals surface area contributed by atoms with Crippen molar-refractivity contribution in [2.24, 2.45) is 0 Å². The maximum Gasteiger partial charge on any atom is 0.307 e. The Kier molecular flexibility index (Phi) is 2.83. The largest absolute Gasteiger partial charge is 0.413 e. The van der Waals surface area contributed by atoms with E-state index in [1.807, 2.05) is 0 Å². The fraction of sp³-hybridized carbons (Fsp3) is 0.0909. The molecule has 0 spiro atoms. The van der Waals surface area contributed by atoms with E-state index >= 15 is 0 Å². The molecule has 21 heavy (non-hydrogen) atoms. The topological polar surface area (TPSA) is 135 Å². The lowest BCUT2D eigenvalue weighted by Crippen LogP contribution is -2.25. The van der Waals surface area contributed by atoms with Crippen LogP contribution in [0.25, 0.3) is 23.0 Å². The van der Waals surface area contributed by atoms with Crippen molar-refractivity contribution in [3.63, 3.8) is 0 Å². The standard InChI is InChI=1S/C11H7N5O5/c1-6-9(14-21-16(6)19)11-13-12-10(20-11)7-2-4-8(5-3-7)15(17)18/h2-5H,1H3. The maximum absolute atomic E-state index is 11.1. The zero-order chi connectivity index (χ0) is 15.0. The van der Waals surface area contributed by atoms with Gasteiger partial charge in [-0.3, -0.25) is 14.7 Å². The third-order valence-corrected chi connectivity index (χ3v) is 2.78. The molecule has 0 unspecified atom stereocenters. The molecule has 106 valence electrons. The maximum atomic E-state index is 11.1. The SMILES string of the molecule is Cc1c(-c2nnc(-c3ccc([N+](=O)[O-])cc3)o2)no[n+]1[O-]. The molecule has 0 aliphatic heterocycles. The minimum atomic E-state index is -0.505. The van der Waals surface area contributed by atoms with Crippen LogP contribution in [0.4, 0.5) is 5.69 Å². The summed E-state index contributed by atoms with van der Waals surface area (Å²) in [5.74, 6) is 0.180. The smallest absolute Gasteiger partial charge is 0.307 e. The number of nitro groups is 1. The lowest BCUT2D eigenvalue weighted by Gasteiger charge is -1.93. The van der Waals surface area contributed by atoms with Crippen molar-refractivity contribution in [1.82, 2.24) is 15.4 Å². The number of hydrogen-bond donors (Lipinski definition) is 0. The van der Waals surface area contributed by atoms with Gasteiger partial charge in [-0.2, -0.15) is 0 Å². The van der Waals surface area contributed by atoms with Gasteiger partial charge >= 0.3 is 5.69 Å². The van der Waals surface area contributed by atoms with Crippen LogP contribution in [0.1, 0.15) is 5.69 Å². The number of non-ortho nitro benzene ring substituents is 1. The first kappa shape index (κ1) is 12.7. The fourth-order valence-electron chi connectivity index (χ4n) is 1.65. The number of nitrogens with zero attached hydrogens (tertiary/aromatic N) is 5. The number of hydrogen-bond acceptors (Lipinski definition) is 8. The van der Waals surface area contributed by atoms with Gasteiger partial charge in [-0.1, -0.05) is 0 Å². The highest BCUT2D eigenvalue weighted by atomic mass is 16.8. The summed E-state index contributed by atoms with van der Waals surface area (Å²) in [6.45, 7) is 1.49. The molecule has 0 radical (unpaired) electrons. The molecule has 3 aromatic rings. The van der Waals surface area contributed by atoms with Crippen LogP contribution in [0.2, 0.25) is 0 Å². The van der Waals surface area contributed by atoms with Crippen LogP contribution >= 0.6 is 0 Å². The summed E-state index contributed by atoms with van der Waals surface area (Å²) in [6.07, 6.45) is 0. The molecule has 10 nitrogen and oxygen atoms in total. The summed E-state index contributed by atoms with van der Waals surface area (Å²) in [5.41, 5.74) is 0.799. The average Bonchev–Trinajstić information content (AvgIpc) is 3.07. The molecule has 0 aliphatic carbocycles. The monoisotopic (exact) mass is 289 g/mol. The first-order chi connectivity index (χ1) is 10.1. The number of rotatable bonds is 3. The van der Waals surface area contributed by atoms with Crippen LogP contribution in [0, 0.1) is 22.2 Å². The fourth-order valence-corrected chi connectivity index (χ4v) is 1.65. The van der Waals surface area contributed by atoms with E-state index < -0.39 is 4.92 Å². The van der Waals surface area contributed by atoms with E-state index in [2.05, 4.69) is 20.0 Å². The predicted molar refractivity (Wildman–Crippen MR) is 65.6 cm³/mol. The van der Waals surface area contributed by atoms with Gasteiger partial charge in [-0.15, -0.1) is 10.2 Å². The van der Waals surface area contributed by atoms with Crippen molar-refractivity contribution < 1.29 is 18.9 Å². The molecule has 0 fully saturated rings. The Hall–Kier alpha value is -3.30. The Bertz CT molecular complexity index is 807. The summed E-state index contributed by atoms with van der Waals surface area (Å²) in [6, 6.07) is 5.62. The van der Waals surface area contributed by atoms with Crippen molar-refractivity contribution in [2.75, 3.05) is 0 Å². The van der Waals surface area contributed by atoms with Crippen molar-refractivity contribution in [1.29, 1.82) is 0 Å². The molecule has 2 heterocycles. The van der Waals surface area contributed by atoms with E-state index in [1.165, 1.54) is 31.2 Å². The van der Waals surface area contributed by atoms with E-state index in [4.69, 9.17) is 4.42 Å². The van der Waals surface area contributed by atoms with Crippen molar-refractivity contribution in [2.45, 2.75) is 6.92 Å². The normalized spacial score (nSPS) is 10.7. The van der Waals surface area contributed by atoms with Crippen molar-refractivity contribution in [3.05, 3.63) is 45.3 Å². The molecule has 0 bridgehead atoms. The van der Waals surface area contributed by atoms with Gasteiger partial charge in [0.1, 0.15) is 0 Å². The summed E-state index contributed by atoms with van der Waals surface area (Å²) in [5, 5.41) is 32.8. The molecular weight excluding hydrogens is 282 g/mol. The molecule has 1 aromatic carbocycles. The van der Waals surface area contributed by atoms with Crippen molar-refractivity contribution >= 4 is 5.69 Å². The molecule has 0 saturated heterocycles. The molecular formula is C11H7N5O5. The van der Waals surface area contributed by atoms with Crippen LogP contribution in [-0.4, -0.2) is 20.3 Å². The third-order valence-electron chi connectivity index (χ3n) is 2.78. The average molecular weight is 289 g/mol. The highest BCUT2D eigenvalue weighted by Crippen LogP contribution is 2.25. The summed E-state index contributed by atoms with van der Waals surface area (Å²) in [4.78, 5) is 10.3. The second kappa shape index (κ2) is 4.67. The molecule has 2 aromatic heterocycles. The molecule has 0 aliphatic rings. The second-order valence-corrected chi connectivity index (χ2v) is 4.08. The third kappa shape index (κ3) is 2.18. The predicted octanol–water partition coefficient (Wildman–Crippen LogP) is 1.24. The van der Waals surface area contributed by atoms with Crippen LogP contribution in [-0.2, 0) is 0 Å². The zero-order valence-corrected chi connectivity index (χ0v) is 10.6. The summed E-state index contributed by atoms with van der Waals surface area (Å²) in [7, 11) is 0. The highest BCUT2D eigenvalue weighted by Gasteiger charge is 2.23.